The van der Waals surface area contributed by atoms with E-state index in [1.165, 1.54) is 6.26 Å². The summed E-state index contributed by atoms with van der Waals surface area (Å²) >= 11 is 0. The van der Waals surface area contributed by atoms with Crippen molar-refractivity contribution >= 4 is 15.7 Å². The molecule has 1 aliphatic rings. The number of carbonyl (C=O) groups is 1. The number of hydrogen-bond donors (Lipinski definition) is 0. The van der Waals surface area contributed by atoms with Crippen LogP contribution in [-0.4, -0.2) is 78.6 Å². The molecule has 0 N–H and O–H groups in total. The Morgan fingerprint density at radius 1 is 1.14 bits per heavy atom. The van der Waals surface area contributed by atoms with Crippen LogP contribution in [0.25, 0.3) is 0 Å². The molecule has 1 amide bonds. The van der Waals surface area contributed by atoms with Crippen LogP contribution in [0.5, 0.6) is 5.75 Å². The number of carbonyl (C=O) groups excluding carboxylic acids is 1. The molecule has 0 bridgehead atoms. The molecule has 1 aliphatic heterocycles. The molecule has 1 saturated heterocycles. The molecule has 152 valence electrons. The lowest BCUT2D eigenvalue weighted by atomic mass is 10.2. The Hall–Kier alpha value is -2.39. The first kappa shape index (κ1) is 20.3. The SMILES string of the molecule is Cc1ccccc1OCn1ccc(C(=O)N2CCN(CCS(C)(=O)=O)CC2)n1. The highest BCUT2D eigenvalue weighted by Crippen LogP contribution is 2.16. The van der Waals surface area contributed by atoms with Crippen LogP contribution in [0.15, 0.2) is 36.5 Å². The number of aromatic nitrogens is 2. The van der Waals surface area contributed by atoms with E-state index in [2.05, 4.69) is 10.00 Å². The van der Waals surface area contributed by atoms with Crippen LogP contribution in [0, 0.1) is 6.92 Å². The summed E-state index contributed by atoms with van der Waals surface area (Å²) in [6, 6.07) is 9.43. The number of nitrogens with zero attached hydrogens (tertiary/aromatic N) is 4. The third-order valence-corrected chi connectivity index (χ3v) is 5.67. The standard InChI is InChI=1S/C19H26N4O4S/c1-16-5-3-4-6-18(16)27-15-23-8-7-17(20-23)19(24)22-11-9-21(10-12-22)13-14-28(2,25)26/h3-8H,9-15H2,1-2H3. The Morgan fingerprint density at radius 3 is 2.54 bits per heavy atom. The van der Waals surface area contributed by atoms with Gasteiger partial charge in [-0.1, -0.05) is 18.2 Å². The van der Waals surface area contributed by atoms with E-state index in [0.29, 0.717) is 38.4 Å². The molecule has 8 nitrogen and oxygen atoms in total. The Labute approximate surface area is 165 Å². The van der Waals surface area contributed by atoms with Gasteiger partial charge in [0, 0.05) is 45.2 Å². The van der Waals surface area contributed by atoms with Crippen LogP contribution in [0.4, 0.5) is 0 Å². The Morgan fingerprint density at radius 2 is 1.86 bits per heavy atom. The maximum Gasteiger partial charge on any atom is 0.274 e. The van der Waals surface area contributed by atoms with Gasteiger partial charge in [0.1, 0.15) is 15.6 Å². The lowest BCUT2D eigenvalue weighted by Crippen LogP contribution is -2.49. The van der Waals surface area contributed by atoms with Crippen molar-refractivity contribution in [2.45, 2.75) is 13.7 Å². The van der Waals surface area contributed by atoms with Gasteiger partial charge in [-0.2, -0.15) is 5.10 Å². The second kappa shape index (κ2) is 8.74. The molecule has 28 heavy (non-hydrogen) atoms. The van der Waals surface area contributed by atoms with E-state index >= 15 is 0 Å². The van der Waals surface area contributed by atoms with E-state index in [1.807, 2.05) is 31.2 Å². The van der Waals surface area contributed by atoms with E-state index in [-0.39, 0.29) is 18.4 Å². The fraction of sp³-hybridized carbons (Fsp3) is 0.474. The van der Waals surface area contributed by atoms with Gasteiger partial charge in [-0.15, -0.1) is 0 Å². The van der Waals surface area contributed by atoms with Gasteiger partial charge < -0.3 is 9.64 Å². The van der Waals surface area contributed by atoms with Crippen molar-refractivity contribution in [2.24, 2.45) is 0 Å². The van der Waals surface area contributed by atoms with Gasteiger partial charge >= 0.3 is 0 Å². The highest BCUT2D eigenvalue weighted by molar-refractivity contribution is 7.90. The predicted molar refractivity (Wildman–Crippen MR) is 106 cm³/mol. The molecular weight excluding hydrogens is 380 g/mol. The number of aryl methyl sites for hydroxylation is 1. The van der Waals surface area contributed by atoms with Gasteiger partial charge in [0.05, 0.1) is 5.75 Å². The number of amides is 1. The summed E-state index contributed by atoms with van der Waals surface area (Å²) in [5.74, 6) is 0.820. The number of para-hydroxylation sites is 1. The van der Waals surface area contributed by atoms with Crippen molar-refractivity contribution in [1.29, 1.82) is 0 Å². The summed E-state index contributed by atoms with van der Waals surface area (Å²) in [4.78, 5) is 16.5. The van der Waals surface area contributed by atoms with Gasteiger partial charge in [-0.3, -0.25) is 9.69 Å². The minimum Gasteiger partial charge on any atom is -0.471 e. The summed E-state index contributed by atoms with van der Waals surface area (Å²) in [5.41, 5.74) is 1.43. The third-order valence-electron chi connectivity index (χ3n) is 4.74. The van der Waals surface area contributed by atoms with E-state index in [0.717, 1.165) is 11.3 Å². The lowest BCUT2D eigenvalue weighted by Gasteiger charge is -2.34. The number of sulfone groups is 1. The number of benzene rings is 1. The van der Waals surface area contributed by atoms with Crippen LogP contribution in [-0.2, 0) is 16.6 Å². The second-order valence-electron chi connectivity index (χ2n) is 7.04. The average Bonchev–Trinajstić information content (AvgIpc) is 3.14. The monoisotopic (exact) mass is 406 g/mol. The van der Waals surface area contributed by atoms with Crippen LogP contribution in [0.1, 0.15) is 16.1 Å². The fourth-order valence-corrected chi connectivity index (χ4v) is 3.62. The molecule has 0 radical (unpaired) electrons. The largest absolute Gasteiger partial charge is 0.471 e. The summed E-state index contributed by atoms with van der Waals surface area (Å²) in [5, 5.41) is 4.33. The maximum atomic E-state index is 12.7. The number of ether oxygens (including phenoxy) is 1. The molecule has 0 atom stereocenters. The van der Waals surface area contributed by atoms with Gasteiger partial charge in [0.15, 0.2) is 12.4 Å². The Kier molecular flexibility index (Phi) is 6.35. The van der Waals surface area contributed by atoms with Crippen molar-refractivity contribution in [2.75, 3.05) is 44.7 Å². The molecule has 2 aromatic rings. The smallest absolute Gasteiger partial charge is 0.274 e. The molecule has 1 aromatic carbocycles. The van der Waals surface area contributed by atoms with Crippen LogP contribution >= 0.6 is 0 Å². The molecule has 9 heteroatoms. The first-order chi connectivity index (χ1) is 13.3. The molecule has 0 saturated carbocycles. The van der Waals surface area contributed by atoms with Crippen LogP contribution in [0.3, 0.4) is 0 Å². The minimum absolute atomic E-state index is 0.114. The molecule has 2 heterocycles. The zero-order valence-corrected chi connectivity index (χ0v) is 17.1. The van der Waals surface area contributed by atoms with E-state index in [1.54, 1.807) is 21.8 Å². The Bertz CT molecular complexity index is 918. The first-order valence-electron chi connectivity index (χ1n) is 9.23. The normalized spacial score (nSPS) is 15.6. The van der Waals surface area contributed by atoms with Crippen molar-refractivity contribution in [3.8, 4) is 5.75 Å². The van der Waals surface area contributed by atoms with E-state index < -0.39 is 9.84 Å². The van der Waals surface area contributed by atoms with Crippen molar-refractivity contribution < 1.29 is 17.9 Å². The number of piperazine rings is 1. The van der Waals surface area contributed by atoms with Crippen molar-refractivity contribution in [3.63, 3.8) is 0 Å². The summed E-state index contributed by atoms with van der Waals surface area (Å²) in [6.45, 7) is 5.17. The number of rotatable bonds is 7. The summed E-state index contributed by atoms with van der Waals surface area (Å²) in [7, 11) is -2.97. The quantitative estimate of drug-likeness (QED) is 0.683. The highest BCUT2D eigenvalue weighted by Gasteiger charge is 2.24. The van der Waals surface area contributed by atoms with Gasteiger partial charge in [-0.05, 0) is 24.6 Å². The Balaban J connectivity index is 1.50. The second-order valence-corrected chi connectivity index (χ2v) is 9.30. The predicted octanol–water partition coefficient (Wildman–Crippen LogP) is 1.03. The maximum absolute atomic E-state index is 12.7. The van der Waals surface area contributed by atoms with Gasteiger partial charge in [0.2, 0.25) is 0 Å². The number of hydrogen-bond acceptors (Lipinski definition) is 6. The molecular formula is C19H26N4O4S. The van der Waals surface area contributed by atoms with E-state index in [9.17, 15) is 13.2 Å². The topological polar surface area (TPSA) is 84.7 Å². The van der Waals surface area contributed by atoms with Gasteiger partial charge in [-0.25, -0.2) is 13.1 Å². The van der Waals surface area contributed by atoms with Crippen molar-refractivity contribution in [3.05, 3.63) is 47.8 Å². The first-order valence-corrected chi connectivity index (χ1v) is 11.3. The fourth-order valence-electron chi connectivity index (χ4n) is 3.03. The highest BCUT2D eigenvalue weighted by atomic mass is 32.2. The molecule has 0 aliphatic carbocycles. The molecule has 1 aromatic heterocycles. The molecule has 0 spiro atoms. The third kappa shape index (κ3) is 5.56. The van der Waals surface area contributed by atoms with Gasteiger partial charge in [0.25, 0.3) is 5.91 Å². The molecule has 3 rings (SSSR count). The molecule has 0 unspecified atom stereocenters. The van der Waals surface area contributed by atoms with E-state index in [4.69, 9.17) is 4.74 Å². The zero-order valence-electron chi connectivity index (χ0n) is 16.2. The summed E-state index contributed by atoms with van der Waals surface area (Å²) < 4.78 is 29.9. The summed E-state index contributed by atoms with van der Waals surface area (Å²) in [6.07, 6.45) is 2.97. The van der Waals surface area contributed by atoms with Crippen LogP contribution < -0.4 is 4.74 Å². The lowest BCUT2D eigenvalue weighted by molar-refractivity contribution is 0.0636. The minimum atomic E-state index is -2.97. The zero-order chi connectivity index (χ0) is 20.1. The molecule has 1 fully saturated rings. The van der Waals surface area contributed by atoms with Crippen molar-refractivity contribution in [1.82, 2.24) is 19.6 Å². The van der Waals surface area contributed by atoms with Crippen LogP contribution in [0.2, 0.25) is 0 Å². The average molecular weight is 407 g/mol.